The molecule has 1 fully saturated rings. The normalized spacial score (nSPS) is 15.6. The molecule has 10 nitrogen and oxygen atoms in total. The van der Waals surface area contributed by atoms with Crippen LogP contribution in [0.3, 0.4) is 0 Å². The summed E-state index contributed by atoms with van der Waals surface area (Å²) in [5.41, 5.74) is 2.88. The third-order valence-corrected chi connectivity index (χ3v) is 6.73. The number of carbonyl (C=O) groups excluding carboxylic acids is 2. The van der Waals surface area contributed by atoms with Gasteiger partial charge in [0.05, 0.1) is 12.2 Å². The van der Waals surface area contributed by atoms with E-state index >= 15 is 0 Å². The lowest BCUT2D eigenvalue weighted by molar-refractivity contribution is 0.0507. The fourth-order valence-electron chi connectivity index (χ4n) is 4.38. The summed E-state index contributed by atoms with van der Waals surface area (Å²) in [5, 5.41) is 5.84. The van der Waals surface area contributed by atoms with Crippen molar-refractivity contribution in [3.63, 3.8) is 0 Å². The Morgan fingerprint density at radius 3 is 2.56 bits per heavy atom. The Bertz CT molecular complexity index is 1310. The molecule has 2 amide bonds. The second kappa shape index (κ2) is 12.0. The minimum absolute atomic E-state index is 0.278. The third kappa shape index (κ3) is 7.70. The van der Waals surface area contributed by atoms with Gasteiger partial charge in [0.2, 0.25) is 0 Å². The van der Waals surface area contributed by atoms with Gasteiger partial charge in [-0.05, 0) is 64.9 Å². The highest BCUT2D eigenvalue weighted by atomic mass is 16.6. The van der Waals surface area contributed by atoms with Crippen LogP contribution >= 0.6 is 0 Å². The monoisotopic (exact) mass is 536 g/mol. The molecule has 1 aliphatic heterocycles. The number of carbonyl (C=O) groups is 2. The van der Waals surface area contributed by atoms with Crippen molar-refractivity contribution in [1.29, 1.82) is 0 Å². The van der Waals surface area contributed by atoms with Crippen LogP contribution in [0.4, 0.5) is 10.5 Å². The van der Waals surface area contributed by atoms with Crippen molar-refractivity contribution < 1.29 is 19.1 Å². The summed E-state index contributed by atoms with van der Waals surface area (Å²) in [5.74, 6) is 0.448. The van der Waals surface area contributed by atoms with Crippen LogP contribution in [0, 0.1) is 6.92 Å². The molecule has 3 heterocycles. The molecule has 0 saturated carbocycles. The number of imidazole rings is 1. The number of ether oxygens (including phenoxy) is 2. The van der Waals surface area contributed by atoms with Crippen LogP contribution in [0.15, 0.2) is 42.7 Å². The first kappa shape index (κ1) is 28.4. The van der Waals surface area contributed by atoms with Crippen molar-refractivity contribution in [3.05, 3.63) is 59.5 Å². The number of rotatable bonds is 8. The Kier molecular flexibility index (Phi) is 8.76. The van der Waals surface area contributed by atoms with Crippen molar-refractivity contribution in [2.75, 3.05) is 51.7 Å². The Labute approximate surface area is 230 Å². The second-order valence-electron chi connectivity index (χ2n) is 11.1. The topological polar surface area (TPSA) is 100 Å². The van der Waals surface area contributed by atoms with Gasteiger partial charge in [-0.15, -0.1) is 0 Å². The zero-order valence-electron chi connectivity index (χ0n) is 23.8. The molecule has 1 aliphatic rings. The van der Waals surface area contributed by atoms with Crippen molar-refractivity contribution >= 4 is 23.3 Å². The first-order valence-corrected chi connectivity index (χ1v) is 13.4. The molecule has 2 aromatic heterocycles. The lowest BCUT2D eigenvalue weighted by Crippen LogP contribution is -2.45. The second-order valence-corrected chi connectivity index (χ2v) is 11.1. The average molecular weight is 537 g/mol. The molecular formula is C29H40N6O4. The van der Waals surface area contributed by atoms with E-state index in [4.69, 9.17) is 9.47 Å². The van der Waals surface area contributed by atoms with Gasteiger partial charge in [-0.1, -0.05) is 12.1 Å². The molecular weight excluding hydrogens is 496 g/mol. The molecule has 0 aliphatic carbocycles. The summed E-state index contributed by atoms with van der Waals surface area (Å²) in [4.78, 5) is 34.6. The number of hydrogen-bond acceptors (Lipinski definition) is 7. The predicted octanol–water partition coefficient (Wildman–Crippen LogP) is 4.11. The SMILES string of the molecule is Cc1ccc([C@H](C)NC(=O)OC(C)(C)C)cc1NC(=O)c1cnc2cc(OCCN3CCN(C)CC3)ccn12. The number of anilines is 1. The van der Waals surface area contributed by atoms with Gasteiger partial charge in [0, 0.05) is 50.7 Å². The van der Waals surface area contributed by atoms with Crippen LogP contribution in [0.25, 0.3) is 5.65 Å². The van der Waals surface area contributed by atoms with E-state index in [1.807, 2.05) is 65.0 Å². The highest BCUT2D eigenvalue weighted by molar-refractivity contribution is 6.04. The van der Waals surface area contributed by atoms with Gasteiger partial charge in [0.1, 0.15) is 29.3 Å². The molecule has 2 N–H and O–H groups in total. The lowest BCUT2D eigenvalue weighted by Gasteiger charge is -2.32. The maximum atomic E-state index is 13.2. The number of likely N-dealkylation sites (N-methyl/N-ethyl adjacent to an activating group) is 1. The average Bonchev–Trinajstić information content (AvgIpc) is 3.29. The fourth-order valence-corrected chi connectivity index (χ4v) is 4.38. The Morgan fingerprint density at radius 1 is 1.10 bits per heavy atom. The van der Waals surface area contributed by atoms with Gasteiger partial charge in [-0.3, -0.25) is 14.1 Å². The predicted molar refractivity (Wildman–Crippen MR) is 152 cm³/mol. The van der Waals surface area contributed by atoms with Gasteiger partial charge in [-0.2, -0.15) is 0 Å². The fraction of sp³-hybridized carbons (Fsp3) is 0.483. The molecule has 3 aromatic rings. The molecule has 10 heteroatoms. The van der Waals surface area contributed by atoms with Gasteiger partial charge < -0.3 is 25.0 Å². The molecule has 1 saturated heterocycles. The zero-order chi connectivity index (χ0) is 28.2. The number of pyridine rings is 1. The first-order chi connectivity index (χ1) is 18.5. The van der Waals surface area contributed by atoms with Crippen LogP contribution in [0.5, 0.6) is 5.75 Å². The number of nitrogens with zero attached hydrogens (tertiary/aromatic N) is 4. The smallest absolute Gasteiger partial charge is 0.408 e. The number of aromatic nitrogens is 2. The van der Waals surface area contributed by atoms with Crippen LogP contribution in [0.2, 0.25) is 0 Å². The number of fused-ring (bicyclic) bond motifs is 1. The minimum atomic E-state index is -0.582. The molecule has 0 radical (unpaired) electrons. The number of amides is 2. The maximum absolute atomic E-state index is 13.2. The molecule has 39 heavy (non-hydrogen) atoms. The van der Waals surface area contributed by atoms with E-state index in [0.717, 1.165) is 49.6 Å². The molecule has 1 atom stereocenters. The van der Waals surface area contributed by atoms with E-state index in [-0.39, 0.29) is 11.9 Å². The van der Waals surface area contributed by atoms with E-state index in [0.29, 0.717) is 23.6 Å². The zero-order valence-corrected chi connectivity index (χ0v) is 23.8. The molecule has 210 valence electrons. The summed E-state index contributed by atoms with van der Waals surface area (Å²) < 4.78 is 13.1. The van der Waals surface area contributed by atoms with E-state index in [9.17, 15) is 9.59 Å². The van der Waals surface area contributed by atoms with Gasteiger partial charge in [0.25, 0.3) is 5.91 Å². The summed E-state index contributed by atoms with van der Waals surface area (Å²) >= 11 is 0. The van der Waals surface area contributed by atoms with E-state index in [1.54, 1.807) is 16.8 Å². The lowest BCUT2D eigenvalue weighted by atomic mass is 10.0. The van der Waals surface area contributed by atoms with Crippen molar-refractivity contribution in [2.24, 2.45) is 0 Å². The van der Waals surface area contributed by atoms with Gasteiger partial charge >= 0.3 is 6.09 Å². The van der Waals surface area contributed by atoms with Crippen molar-refractivity contribution in [3.8, 4) is 5.75 Å². The first-order valence-electron chi connectivity index (χ1n) is 13.4. The molecule has 4 rings (SSSR count). The highest BCUT2D eigenvalue weighted by Gasteiger charge is 2.20. The summed E-state index contributed by atoms with van der Waals surface area (Å²) in [6, 6.07) is 9.10. The van der Waals surface area contributed by atoms with E-state index in [1.165, 1.54) is 0 Å². The Morgan fingerprint density at radius 2 is 1.85 bits per heavy atom. The van der Waals surface area contributed by atoms with Gasteiger partial charge in [0.15, 0.2) is 0 Å². The van der Waals surface area contributed by atoms with Crippen molar-refractivity contribution in [2.45, 2.75) is 46.3 Å². The number of nitrogens with one attached hydrogen (secondary N) is 2. The van der Waals surface area contributed by atoms with Crippen LogP contribution in [-0.2, 0) is 4.74 Å². The largest absolute Gasteiger partial charge is 0.492 e. The highest BCUT2D eigenvalue weighted by Crippen LogP contribution is 2.23. The number of alkyl carbamates (subject to hydrolysis) is 1. The molecule has 0 spiro atoms. The van der Waals surface area contributed by atoms with Crippen LogP contribution in [0.1, 0.15) is 55.4 Å². The Hall–Kier alpha value is -3.63. The van der Waals surface area contributed by atoms with Crippen LogP contribution in [-0.4, -0.2) is 83.2 Å². The minimum Gasteiger partial charge on any atom is -0.492 e. The third-order valence-electron chi connectivity index (χ3n) is 6.73. The summed E-state index contributed by atoms with van der Waals surface area (Å²) in [6.45, 7) is 15.0. The van der Waals surface area contributed by atoms with Crippen molar-refractivity contribution in [1.82, 2.24) is 24.5 Å². The number of hydrogen-bond donors (Lipinski definition) is 2. The molecule has 0 unspecified atom stereocenters. The summed E-state index contributed by atoms with van der Waals surface area (Å²) in [6.07, 6.45) is 2.87. The van der Waals surface area contributed by atoms with E-state index < -0.39 is 11.7 Å². The van der Waals surface area contributed by atoms with E-state index in [2.05, 4.69) is 32.5 Å². The van der Waals surface area contributed by atoms with Gasteiger partial charge in [-0.25, -0.2) is 9.78 Å². The number of piperazine rings is 1. The Balaban J connectivity index is 1.38. The molecule has 1 aromatic carbocycles. The van der Waals surface area contributed by atoms with Crippen LogP contribution < -0.4 is 15.4 Å². The standard InChI is InChI=1S/C29H40N6O4/c1-20-7-8-22(21(2)31-28(37)39-29(3,4)5)17-24(20)32-27(36)25-19-30-26-18-23(9-10-35(25)26)38-16-15-34-13-11-33(6)12-14-34/h7-10,17-19,21H,11-16H2,1-6H3,(H,31,37)(H,32,36)/t21-/m0/s1. The maximum Gasteiger partial charge on any atom is 0.408 e. The summed E-state index contributed by atoms with van der Waals surface area (Å²) in [7, 11) is 2.15. The number of benzene rings is 1. The number of aryl methyl sites for hydroxylation is 1. The quantitative estimate of drug-likeness (QED) is 0.447. The molecule has 0 bridgehead atoms.